The first-order chi connectivity index (χ1) is 19.0. The molecule has 9 N–H and O–H groups in total. The maximum absolute atomic E-state index is 13.0. The van der Waals surface area contributed by atoms with Gasteiger partial charge in [-0.3, -0.25) is 4.79 Å². The molecule has 3 aromatic rings. The maximum Gasteiger partial charge on any atom is 0.238 e. The van der Waals surface area contributed by atoms with Crippen LogP contribution >= 0.6 is 0 Å². The van der Waals surface area contributed by atoms with Crippen LogP contribution in [0.4, 0.5) is 0 Å². The van der Waals surface area contributed by atoms with Crippen molar-refractivity contribution in [1.29, 1.82) is 0 Å². The van der Waals surface area contributed by atoms with Crippen LogP contribution in [-0.4, -0.2) is 108 Å². The fourth-order valence-electron chi connectivity index (χ4n) is 4.31. The van der Waals surface area contributed by atoms with Crippen molar-refractivity contribution in [3.8, 4) is 40.1 Å². The monoisotopic (exact) mass is 566 g/mol. The minimum absolute atomic E-state index is 0.116. The molecule has 0 aliphatic carbocycles. The highest BCUT2D eigenvalue weighted by atomic mass is 16.7. The Bertz CT molecular complexity index is 1440. The Morgan fingerprint density at radius 3 is 1.85 bits per heavy atom. The van der Waals surface area contributed by atoms with Gasteiger partial charge in [-0.2, -0.15) is 0 Å². The number of hydrogen-bond acceptors (Lipinski definition) is 15. The van der Waals surface area contributed by atoms with E-state index in [4.69, 9.17) is 23.4 Å². The highest BCUT2D eigenvalue weighted by molar-refractivity contribution is 5.93. The van der Waals surface area contributed by atoms with E-state index in [1.807, 2.05) is 0 Å². The number of ether oxygens (including phenoxy) is 4. The summed E-state index contributed by atoms with van der Waals surface area (Å²) < 4.78 is 27.1. The topological polar surface area (TPSA) is 249 Å². The average Bonchev–Trinajstić information content (AvgIpc) is 2.93. The van der Waals surface area contributed by atoms with Crippen LogP contribution in [0.15, 0.2) is 39.5 Å². The van der Waals surface area contributed by atoms with Gasteiger partial charge in [0.15, 0.2) is 17.1 Å². The lowest BCUT2D eigenvalue weighted by Gasteiger charge is -2.35. The number of hydrogen-bond donors (Lipinski definition) is 9. The smallest absolute Gasteiger partial charge is 0.238 e. The van der Waals surface area contributed by atoms with Crippen molar-refractivity contribution in [2.24, 2.45) is 0 Å². The van der Waals surface area contributed by atoms with Crippen LogP contribution in [0.25, 0.3) is 22.3 Å². The summed E-state index contributed by atoms with van der Waals surface area (Å²) in [5.74, 6) is -3.22. The zero-order valence-electron chi connectivity index (χ0n) is 20.4. The van der Waals surface area contributed by atoms with Crippen molar-refractivity contribution in [2.45, 2.75) is 49.2 Å². The van der Waals surface area contributed by atoms with Crippen molar-refractivity contribution < 1.29 is 69.3 Å². The second-order valence-corrected chi connectivity index (χ2v) is 9.32. The molecular weight excluding hydrogens is 540 g/mol. The van der Waals surface area contributed by atoms with Gasteiger partial charge in [-0.25, -0.2) is 0 Å². The normalized spacial score (nSPS) is 30.8. The standard InChI is InChI=1S/C25H26O15/c26-10-5-11(27)22(40-25-20(35)16(31)13(29)7-37-25)23-14(10)17(32)18(33)21(39-23)8-1-3-9(4-2-8)38-24-19(34)15(30)12(28)6-36-24/h1-5,12-13,15-16,19-20,24-31,33-35H,6-7H2/t12-,13+,15+,16+,19-,20-,24+,25+/m1/s1. The second-order valence-electron chi connectivity index (χ2n) is 9.32. The summed E-state index contributed by atoms with van der Waals surface area (Å²) in [6, 6.07) is 6.19. The average molecular weight is 566 g/mol. The van der Waals surface area contributed by atoms with E-state index in [9.17, 15) is 50.8 Å². The summed E-state index contributed by atoms with van der Waals surface area (Å²) >= 11 is 0. The highest BCUT2D eigenvalue weighted by Gasteiger charge is 2.41. The summed E-state index contributed by atoms with van der Waals surface area (Å²) in [5.41, 5.74) is -1.50. The number of aliphatic hydroxyl groups is 6. The van der Waals surface area contributed by atoms with E-state index in [1.54, 1.807) is 0 Å². The van der Waals surface area contributed by atoms with Crippen LogP contribution < -0.4 is 14.9 Å². The summed E-state index contributed by atoms with van der Waals surface area (Å²) in [5, 5.41) is 90.0. The summed E-state index contributed by atoms with van der Waals surface area (Å²) in [6.45, 7) is -0.698. The van der Waals surface area contributed by atoms with Crippen molar-refractivity contribution >= 4 is 11.0 Å². The van der Waals surface area contributed by atoms with Gasteiger partial charge < -0.3 is 69.3 Å². The van der Waals surface area contributed by atoms with Gasteiger partial charge >= 0.3 is 0 Å². The highest BCUT2D eigenvalue weighted by Crippen LogP contribution is 2.43. The number of fused-ring (bicyclic) bond motifs is 1. The Morgan fingerprint density at radius 1 is 0.725 bits per heavy atom. The lowest BCUT2D eigenvalue weighted by atomic mass is 10.1. The molecule has 2 aliphatic heterocycles. The quantitative estimate of drug-likeness (QED) is 0.165. The maximum atomic E-state index is 13.0. The number of phenols is 2. The van der Waals surface area contributed by atoms with E-state index in [2.05, 4.69) is 0 Å². The Kier molecular flexibility index (Phi) is 7.47. The zero-order chi connectivity index (χ0) is 28.9. The van der Waals surface area contributed by atoms with E-state index < -0.39 is 101 Å². The van der Waals surface area contributed by atoms with E-state index in [-0.39, 0.29) is 17.9 Å². The molecule has 216 valence electrons. The molecule has 0 spiro atoms. The van der Waals surface area contributed by atoms with Crippen LogP contribution in [0, 0.1) is 0 Å². The SMILES string of the molecule is O=c1c(O)c(-c2ccc(O[C@@H]3OC[C@@H](O)[C@H](O)[C@H]3O)cc2)oc2c(O[C@@H]3OC[C@H](O)[C@H](O)[C@H]3O)c(O)cc(O)c12. The van der Waals surface area contributed by atoms with Crippen LogP contribution in [0.3, 0.4) is 0 Å². The number of phenolic OH excluding ortho intramolecular Hbond substituents is 2. The first-order valence-electron chi connectivity index (χ1n) is 12.0. The van der Waals surface area contributed by atoms with Crippen LogP contribution in [0.2, 0.25) is 0 Å². The number of benzene rings is 2. The van der Waals surface area contributed by atoms with Gasteiger partial charge in [-0.15, -0.1) is 0 Å². The predicted octanol–water partition coefficient (Wildman–Crippen LogP) is -1.79. The molecule has 0 bridgehead atoms. The van der Waals surface area contributed by atoms with Gasteiger partial charge in [0.2, 0.25) is 29.5 Å². The molecule has 2 aliphatic rings. The van der Waals surface area contributed by atoms with E-state index >= 15 is 0 Å². The van der Waals surface area contributed by atoms with Crippen molar-refractivity contribution in [1.82, 2.24) is 0 Å². The molecule has 40 heavy (non-hydrogen) atoms. The molecule has 2 aromatic carbocycles. The molecule has 5 rings (SSSR count). The lowest BCUT2D eigenvalue weighted by Crippen LogP contribution is -2.54. The van der Waals surface area contributed by atoms with Crippen LogP contribution in [0.1, 0.15) is 0 Å². The minimum Gasteiger partial charge on any atom is -0.507 e. The summed E-state index contributed by atoms with van der Waals surface area (Å²) in [7, 11) is 0. The third-order valence-electron chi connectivity index (χ3n) is 6.57. The van der Waals surface area contributed by atoms with E-state index in [0.29, 0.717) is 0 Å². The molecule has 0 unspecified atom stereocenters. The van der Waals surface area contributed by atoms with Gasteiger partial charge in [0.25, 0.3) is 0 Å². The van der Waals surface area contributed by atoms with Gasteiger partial charge in [0.05, 0.1) is 13.2 Å². The number of rotatable bonds is 5. The van der Waals surface area contributed by atoms with Gasteiger partial charge in [0, 0.05) is 11.6 Å². The predicted molar refractivity (Wildman–Crippen MR) is 130 cm³/mol. The molecule has 15 nitrogen and oxygen atoms in total. The fraction of sp³-hybridized carbons (Fsp3) is 0.400. The second kappa shape index (κ2) is 10.7. The van der Waals surface area contributed by atoms with Crippen molar-refractivity contribution in [3.05, 3.63) is 40.6 Å². The molecular formula is C25H26O15. The first kappa shape index (κ1) is 27.9. The van der Waals surface area contributed by atoms with Gasteiger partial charge in [0.1, 0.15) is 53.5 Å². The molecule has 0 saturated carbocycles. The first-order valence-corrected chi connectivity index (χ1v) is 12.0. The van der Waals surface area contributed by atoms with Crippen LogP contribution in [0.5, 0.6) is 28.7 Å². The number of aliphatic hydroxyl groups excluding tert-OH is 6. The zero-order valence-corrected chi connectivity index (χ0v) is 20.4. The molecule has 3 heterocycles. The largest absolute Gasteiger partial charge is 0.507 e. The molecule has 1 aromatic heterocycles. The minimum atomic E-state index is -1.76. The third kappa shape index (κ3) is 4.89. The molecule has 0 amide bonds. The van der Waals surface area contributed by atoms with E-state index in [0.717, 1.165) is 6.07 Å². The number of aromatic hydroxyl groups is 3. The lowest BCUT2D eigenvalue weighted by molar-refractivity contribution is -0.242. The van der Waals surface area contributed by atoms with Gasteiger partial charge in [-0.1, -0.05) is 0 Å². The molecule has 2 saturated heterocycles. The molecule has 0 radical (unpaired) electrons. The van der Waals surface area contributed by atoms with E-state index in [1.165, 1.54) is 24.3 Å². The Hall–Kier alpha value is -3.67. The molecule has 2 fully saturated rings. The molecule has 8 atom stereocenters. The van der Waals surface area contributed by atoms with Crippen molar-refractivity contribution in [2.75, 3.05) is 13.2 Å². The van der Waals surface area contributed by atoms with Crippen LogP contribution in [-0.2, 0) is 9.47 Å². The van der Waals surface area contributed by atoms with Gasteiger partial charge in [-0.05, 0) is 24.3 Å². The Morgan fingerprint density at radius 2 is 1.27 bits per heavy atom. The fourth-order valence-corrected chi connectivity index (χ4v) is 4.31. The third-order valence-corrected chi connectivity index (χ3v) is 6.57. The molecule has 15 heteroatoms. The van der Waals surface area contributed by atoms with Crippen molar-refractivity contribution in [3.63, 3.8) is 0 Å². The Labute approximate surface area is 223 Å². The summed E-state index contributed by atoms with van der Waals surface area (Å²) in [6.07, 6.45) is -12.0. The summed E-state index contributed by atoms with van der Waals surface area (Å²) in [4.78, 5) is 13.0. The Balaban J connectivity index is 1.49.